The Morgan fingerprint density at radius 1 is 1.50 bits per heavy atom. The maximum absolute atomic E-state index is 10.7. The van der Waals surface area contributed by atoms with Crippen molar-refractivity contribution in [2.75, 3.05) is 6.54 Å². The monoisotopic (exact) mass is 172 g/mol. The Hall–Kier alpha value is -1.10. The van der Waals surface area contributed by atoms with Gasteiger partial charge in [0, 0.05) is 19.9 Å². The lowest BCUT2D eigenvalue weighted by molar-refractivity contribution is -0.146. The first-order valence-electron chi connectivity index (χ1n) is 3.56. The first-order valence-corrected chi connectivity index (χ1v) is 3.56. The van der Waals surface area contributed by atoms with Gasteiger partial charge >= 0.3 is 5.97 Å². The molecule has 1 fully saturated rings. The molecule has 5 heteroatoms. The first-order chi connectivity index (χ1) is 5.52. The third kappa shape index (κ3) is 1.55. The highest BCUT2D eigenvalue weighted by molar-refractivity contribution is 5.86. The summed E-state index contributed by atoms with van der Waals surface area (Å²) in [6.07, 6.45) is -0.645. The maximum atomic E-state index is 10.7. The topological polar surface area (TPSA) is 77.8 Å². The van der Waals surface area contributed by atoms with Crippen molar-refractivity contribution in [1.29, 1.82) is 0 Å². The summed E-state index contributed by atoms with van der Waals surface area (Å²) in [6.45, 7) is 3.17. The largest absolute Gasteiger partial charge is 0.480 e. The van der Waals surface area contributed by atoms with E-state index in [-0.39, 0.29) is 13.0 Å². The maximum Gasteiger partial charge on any atom is 0.326 e. The molecule has 12 heavy (non-hydrogen) atoms. The van der Waals surface area contributed by atoms with E-state index in [1.807, 2.05) is 0 Å². The second kappa shape index (κ2) is 3.10. The van der Waals surface area contributed by atoms with E-state index in [9.17, 15) is 9.59 Å². The Bertz CT molecular complexity index is 193. The summed E-state index contributed by atoms with van der Waals surface area (Å²) in [5.74, 6) is -1.65. The van der Waals surface area contributed by atoms with Gasteiger partial charge < -0.3 is 15.1 Å². The highest BCUT2D eigenvalue weighted by atomic mass is 16.4. The number of β-amino-alcohol motifs (C(OH)–C–C–N with tert-alkyl or cyclic N) is 1. The van der Waals surface area contributed by atoms with Crippen molar-refractivity contribution in [3.05, 3.63) is 6.92 Å². The van der Waals surface area contributed by atoms with E-state index in [1.165, 1.54) is 0 Å². The van der Waals surface area contributed by atoms with Gasteiger partial charge in [-0.1, -0.05) is 0 Å². The van der Waals surface area contributed by atoms with Gasteiger partial charge in [-0.25, -0.2) is 4.79 Å². The standard InChI is InChI=1S/C7H10NO4/c1-4(9)8-3-5(10)2-6(8)7(11)12/h5-6,10H,1-3H2,(H,11,12). The molecule has 0 aliphatic carbocycles. The van der Waals surface area contributed by atoms with E-state index in [0.29, 0.717) is 0 Å². The Morgan fingerprint density at radius 2 is 2.08 bits per heavy atom. The molecule has 0 bridgehead atoms. The number of hydrogen-bond donors (Lipinski definition) is 2. The molecule has 0 spiro atoms. The van der Waals surface area contributed by atoms with Crippen LogP contribution in [0, 0.1) is 6.92 Å². The summed E-state index contributed by atoms with van der Waals surface area (Å²) >= 11 is 0. The average Bonchev–Trinajstić information content (AvgIpc) is 2.31. The molecule has 2 atom stereocenters. The molecule has 0 aromatic heterocycles. The third-order valence-electron chi connectivity index (χ3n) is 1.88. The van der Waals surface area contributed by atoms with Crippen LogP contribution in [0.15, 0.2) is 0 Å². The zero-order valence-corrected chi connectivity index (χ0v) is 6.43. The van der Waals surface area contributed by atoms with Gasteiger partial charge in [-0.15, -0.1) is 0 Å². The Kier molecular flexibility index (Phi) is 2.32. The third-order valence-corrected chi connectivity index (χ3v) is 1.88. The van der Waals surface area contributed by atoms with Gasteiger partial charge in [0.1, 0.15) is 6.04 Å². The van der Waals surface area contributed by atoms with Crippen LogP contribution in [0.25, 0.3) is 0 Å². The molecule has 1 radical (unpaired) electrons. The number of aliphatic carboxylic acids is 1. The van der Waals surface area contributed by atoms with E-state index in [2.05, 4.69) is 6.92 Å². The lowest BCUT2D eigenvalue weighted by Gasteiger charge is -2.18. The number of aliphatic hydroxyl groups is 1. The number of rotatable bonds is 1. The molecule has 2 N–H and O–H groups in total. The molecular weight excluding hydrogens is 162 g/mol. The van der Waals surface area contributed by atoms with Crippen molar-refractivity contribution >= 4 is 11.9 Å². The fourth-order valence-electron chi connectivity index (χ4n) is 1.32. The highest BCUT2D eigenvalue weighted by Gasteiger charge is 2.37. The number of aliphatic hydroxyl groups excluding tert-OH is 1. The molecule has 5 nitrogen and oxygen atoms in total. The second-order valence-electron chi connectivity index (χ2n) is 2.79. The molecule has 0 aromatic rings. The highest BCUT2D eigenvalue weighted by Crippen LogP contribution is 2.17. The van der Waals surface area contributed by atoms with Crippen molar-refractivity contribution in [2.24, 2.45) is 0 Å². The smallest absolute Gasteiger partial charge is 0.326 e. The molecule has 1 aliphatic rings. The minimum Gasteiger partial charge on any atom is -0.480 e. The van der Waals surface area contributed by atoms with Crippen molar-refractivity contribution < 1.29 is 19.8 Å². The van der Waals surface area contributed by atoms with Crippen LogP contribution in [0.5, 0.6) is 0 Å². The predicted octanol–water partition coefficient (Wildman–Crippen LogP) is -1.13. The summed E-state index contributed by atoms with van der Waals surface area (Å²) < 4.78 is 0. The van der Waals surface area contributed by atoms with Gasteiger partial charge in [-0.2, -0.15) is 0 Å². The van der Waals surface area contributed by atoms with Crippen LogP contribution in [0.2, 0.25) is 0 Å². The number of hydrogen-bond acceptors (Lipinski definition) is 3. The molecule has 1 amide bonds. The Morgan fingerprint density at radius 3 is 2.42 bits per heavy atom. The fourth-order valence-corrected chi connectivity index (χ4v) is 1.32. The SMILES string of the molecule is [CH2]C(=O)N1CC(O)CC1C(=O)O. The molecule has 1 aliphatic heterocycles. The van der Waals surface area contributed by atoms with Gasteiger partial charge in [0.25, 0.3) is 0 Å². The van der Waals surface area contributed by atoms with Gasteiger partial charge in [0.15, 0.2) is 0 Å². The number of carbonyl (C=O) groups excluding carboxylic acids is 1. The summed E-state index contributed by atoms with van der Waals surface area (Å²) in [7, 11) is 0. The average molecular weight is 172 g/mol. The second-order valence-corrected chi connectivity index (χ2v) is 2.79. The number of likely N-dealkylation sites (tertiary alicyclic amines) is 1. The molecule has 2 unspecified atom stereocenters. The molecule has 67 valence electrons. The summed E-state index contributed by atoms with van der Waals surface area (Å²) in [6, 6.07) is -0.912. The van der Waals surface area contributed by atoms with Crippen molar-refractivity contribution in [2.45, 2.75) is 18.6 Å². The van der Waals surface area contributed by atoms with Gasteiger partial charge in [-0.05, 0) is 0 Å². The van der Waals surface area contributed by atoms with E-state index in [1.54, 1.807) is 0 Å². The minimum atomic E-state index is -1.09. The molecule has 1 rings (SSSR count). The quantitative estimate of drug-likeness (QED) is 0.524. The Labute approximate surface area is 69.6 Å². The number of carboxylic acids is 1. The molecule has 0 aromatic carbocycles. The van der Waals surface area contributed by atoms with E-state index in [0.717, 1.165) is 4.90 Å². The fraction of sp³-hybridized carbons (Fsp3) is 0.571. The minimum absolute atomic E-state index is 0.0688. The first kappa shape index (κ1) is 8.99. The summed E-state index contributed by atoms with van der Waals surface area (Å²) in [5, 5.41) is 17.7. The van der Waals surface area contributed by atoms with E-state index in [4.69, 9.17) is 10.2 Å². The molecular formula is C7H10NO4. The van der Waals surface area contributed by atoms with Crippen LogP contribution in [-0.2, 0) is 9.59 Å². The van der Waals surface area contributed by atoms with Crippen molar-refractivity contribution in [1.82, 2.24) is 4.90 Å². The van der Waals surface area contributed by atoms with E-state index >= 15 is 0 Å². The van der Waals surface area contributed by atoms with Gasteiger partial charge in [0.2, 0.25) is 5.91 Å². The van der Waals surface area contributed by atoms with Crippen LogP contribution in [0.4, 0.5) is 0 Å². The summed E-state index contributed by atoms with van der Waals surface area (Å²) in [5.41, 5.74) is 0. The number of nitrogens with zero attached hydrogens (tertiary/aromatic N) is 1. The summed E-state index contributed by atoms with van der Waals surface area (Å²) in [4.78, 5) is 22.3. The van der Waals surface area contributed by atoms with Gasteiger partial charge in [-0.3, -0.25) is 4.79 Å². The number of carbonyl (C=O) groups is 2. The molecule has 0 saturated carbocycles. The molecule has 1 saturated heterocycles. The van der Waals surface area contributed by atoms with Crippen LogP contribution in [0.3, 0.4) is 0 Å². The predicted molar refractivity (Wildman–Crippen MR) is 39.1 cm³/mol. The van der Waals surface area contributed by atoms with Crippen LogP contribution in [0.1, 0.15) is 6.42 Å². The van der Waals surface area contributed by atoms with Gasteiger partial charge in [0.05, 0.1) is 6.10 Å². The number of carboxylic acid groups (broad SMARTS) is 1. The Balaban J connectivity index is 2.72. The molecule has 1 heterocycles. The van der Waals surface area contributed by atoms with Crippen molar-refractivity contribution in [3.8, 4) is 0 Å². The zero-order chi connectivity index (χ0) is 9.30. The number of amides is 1. The lowest BCUT2D eigenvalue weighted by atomic mass is 10.2. The van der Waals surface area contributed by atoms with Crippen LogP contribution >= 0.6 is 0 Å². The normalized spacial score (nSPS) is 29.0. The van der Waals surface area contributed by atoms with Crippen LogP contribution in [-0.4, -0.2) is 45.7 Å². The lowest BCUT2D eigenvalue weighted by Crippen LogP contribution is -2.39. The zero-order valence-electron chi connectivity index (χ0n) is 6.43. The van der Waals surface area contributed by atoms with E-state index < -0.39 is 24.0 Å². The van der Waals surface area contributed by atoms with Crippen molar-refractivity contribution in [3.63, 3.8) is 0 Å². The van der Waals surface area contributed by atoms with Crippen LogP contribution < -0.4 is 0 Å².